The summed E-state index contributed by atoms with van der Waals surface area (Å²) in [5.74, 6) is -0.769. The van der Waals surface area contributed by atoms with Gasteiger partial charge in [-0.25, -0.2) is 47.9 Å². The first-order valence-corrected chi connectivity index (χ1v) is 32.7. The molecular weight excluding hydrogens is 1180 g/mol. The van der Waals surface area contributed by atoms with Crippen molar-refractivity contribution in [2.45, 2.75) is 107 Å². The molecule has 3 aromatic carbocycles. The minimum atomic E-state index is -4.57. The summed E-state index contributed by atoms with van der Waals surface area (Å²) in [7, 11) is -3.12. The van der Waals surface area contributed by atoms with Crippen molar-refractivity contribution < 1.29 is 59.9 Å². The molecule has 3 fully saturated rings. The van der Waals surface area contributed by atoms with Gasteiger partial charge in [-0.15, -0.1) is 5.10 Å². The zero-order valence-corrected chi connectivity index (χ0v) is 48.8. The molecule has 33 heteroatoms. The number of benzene rings is 3. The molecule has 3 amide bonds. The van der Waals surface area contributed by atoms with Crippen LogP contribution in [0.2, 0.25) is 0 Å². The van der Waals surface area contributed by atoms with Crippen molar-refractivity contribution in [3.05, 3.63) is 109 Å². The summed E-state index contributed by atoms with van der Waals surface area (Å²) in [4.78, 5) is 65.6. The van der Waals surface area contributed by atoms with E-state index in [1.165, 1.54) is 34.4 Å². The summed E-state index contributed by atoms with van der Waals surface area (Å²) in [5, 5.41) is 14.6. The molecule has 12 rings (SSSR count). The van der Waals surface area contributed by atoms with Crippen molar-refractivity contribution in [2.24, 2.45) is 0 Å². The van der Waals surface area contributed by atoms with Crippen molar-refractivity contribution in [1.29, 1.82) is 0 Å². The Morgan fingerprint density at radius 2 is 1.38 bits per heavy atom. The Balaban J connectivity index is 0.673. The second-order valence-electron chi connectivity index (χ2n) is 20.8. The molecule has 0 bridgehead atoms. The lowest BCUT2D eigenvalue weighted by molar-refractivity contribution is -0.124. The fourth-order valence-electron chi connectivity index (χ4n) is 10.8. The van der Waals surface area contributed by atoms with Crippen LogP contribution in [0.15, 0.2) is 98.1 Å². The van der Waals surface area contributed by atoms with E-state index in [9.17, 15) is 18.9 Å². The predicted molar refractivity (Wildman–Crippen MR) is 313 cm³/mol. The molecular formula is C53H57BF2N16O11P2S. The number of halogens is 2. The zero-order valence-electron chi connectivity index (χ0n) is 46.2. The third-order valence-corrected chi connectivity index (χ3v) is 19.9. The molecule has 8 aromatic rings. The normalized spacial score (nSPS) is 25.6. The molecule has 3 saturated heterocycles. The fraction of sp³-hybridized carbons (Fsp3) is 0.377. The average Bonchev–Trinajstić information content (AvgIpc) is 2.46. The van der Waals surface area contributed by atoms with Gasteiger partial charge in [0.25, 0.3) is 15.0 Å². The van der Waals surface area contributed by atoms with E-state index >= 15 is 13.3 Å². The number of imidazole rings is 2. The lowest BCUT2D eigenvalue weighted by Gasteiger charge is -2.30. The van der Waals surface area contributed by atoms with E-state index in [-0.39, 0.29) is 64.5 Å². The number of aryl methyl sites for hydroxylation is 1. The molecule has 86 heavy (non-hydrogen) atoms. The van der Waals surface area contributed by atoms with Gasteiger partial charge in [0.1, 0.15) is 53.8 Å². The first kappa shape index (κ1) is 58.8. The van der Waals surface area contributed by atoms with Gasteiger partial charge in [-0.2, -0.15) is 0 Å². The van der Waals surface area contributed by atoms with Gasteiger partial charge in [0.2, 0.25) is 17.7 Å². The summed E-state index contributed by atoms with van der Waals surface area (Å²) in [5.41, 5.74) is 18.6. The number of carbonyl (C=O) groups is 3. The highest BCUT2D eigenvalue weighted by Gasteiger charge is 2.55. The average molecular weight is 1240 g/mol. The van der Waals surface area contributed by atoms with Gasteiger partial charge in [0.15, 0.2) is 47.7 Å². The highest BCUT2D eigenvalue weighted by atomic mass is 32.7. The van der Waals surface area contributed by atoms with Crippen molar-refractivity contribution in [3.8, 4) is 22.5 Å². The maximum absolute atomic E-state index is 17.0. The van der Waals surface area contributed by atoms with Gasteiger partial charge in [0.05, 0.1) is 50.3 Å². The number of fused-ring (bicyclic) bond motifs is 9. The Hall–Kier alpha value is -7.60. The lowest BCUT2D eigenvalue weighted by Crippen LogP contribution is -2.37. The maximum Gasteiger partial charge on any atom is 0.389 e. The number of para-hydroxylation sites is 1. The minimum absolute atomic E-state index is 0.00794. The van der Waals surface area contributed by atoms with Crippen LogP contribution in [-0.4, -0.2) is 136 Å². The quantitative estimate of drug-likeness (QED) is 0.0490. The van der Waals surface area contributed by atoms with Gasteiger partial charge < -0.3 is 45.5 Å². The summed E-state index contributed by atoms with van der Waals surface area (Å²) in [6, 6.07) is 22.2. The number of carbonyl (C=O) groups excluding carboxylic acids is 3. The first-order valence-electron chi connectivity index (χ1n) is 27.6. The van der Waals surface area contributed by atoms with Gasteiger partial charge in [-0.1, -0.05) is 73.2 Å². The Kier molecular flexibility index (Phi) is 16.8. The fourth-order valence-corrected chi connectivity index (χ4v) is 15.3. The molecule has 0 spiro atoms. The highest BCUT2D eigenvalue weighted by Crippen LogP contribution is 2.65. The van der Waals surface area contributed by atoms with E-state index in [1.807, 2.05) is 60.1 Å². The number of nitrogens with one attached hydrogen (secondary N) is 2. The van der Waals surface area contributed by atoms with Gasteiger partial charge in [-0.05, 0) is 53.5 Å². The second-order valence-corrected chi connectivity index (χ2v) is 26.8. The van der Waals surface area contributed by atoms with Crippen LogP contribution in [0.4, 0.5) is 31.8 Å². The smallest absolute Gasteiger partial charge is 0.382 e. The van der Waals surface area contributed by atoms with Crippen molar-refractivity contribution in [1.82, 2.24) is 59.3 Å². The van der Waals surface area contributed by atoms with E-state index in [2.05, 4.69) is 50.8 Å². The van der Waals surface area contributed by atoms with Crippen LogP contribution >= 0.6 is 25.7 Å². The molecule has 0 radical (unpaired) electrons. The lowest BCUT2D eigenvalue weighted by atomic mass is 9.95. The van der Waals surface area contributed by atoms with Crippen LogP contribution in [0.5, 0.6) is 0 Å². The SMILES string of the molecule is BP1(=O)OC[C@H]2O[C@@H](n3cnc4c(N)ncnc43)[C@H](F)[C@@H]2O[P@](=O)(SCc2ccc(NC(=O)CNC(=O)CCCCCn3nnc4c3-c3ccccc3CN(C(=O)CC)c3ccccc3-4)cc2)OC[C@H]2O[C@@H](n3cnc4c(N)ncnc43)[C@H](F)[C@@H]2O1. The van der Waals surface area contributed by atoms with Crippen LogP contribution in [0.25, 0.3) is 44.8 Å². The molecule has 6 N–H and O–H groups in total. The number of amides is 3. The number of hydrogen-bond acceptors (Lipinski definition) is 22. The molecule has 0 aliphatic carbocycles. The Bertz CT molecular complexity index is 3960. The first-order chi connectivity index (χ1) is 41.5. The monoisotopic (exact) mass is 1240 g/mol. The van der Waals surface area contributed by atoms with Gasteiger partial charge in [0, 0.05) is 42.0 Å². The van der Waals surface area contributed by atoms with Crippen molar-refractivity contribution in [2.75, 3.05) is 41.4 Å². The Morgan fingerprint density at radius 1 is 0.756 bits per heavy atom. The predicted octanol–water partition coefficient (Wildman–Crippen LogP) is 6.40. The number of nitrogen functional groups attached to an aromatic ring is 2. The number of rotatable bonds is 15. The third-order valence-electron chi connectivity index (χ3n) is 15.0. The largest absolute Gasteiger partial charge is 0.389 e. The molecule has 1 unspecified atom stereocenters. The number of aromatic nitrogens is 11. The molecule has 448 valence electrons. The molecule has 4 aliphatic heterocycles. The molecule has 10 atom stereocenters. The number of anilines is 4. The summed E-state index contributed by atoms with van der Waals surface area (Å²) in [6.45, 7) is -3.38. The van der Waals surface area contributed by atoms with Crippen LogP contribution in [-0.2, 0) is 69.9 Å². The molecule has 5 aromatic heterocycles. The number of alkyl halides is 2. The number of nitrogens with zero attached hydrogens (tertiary/aromatic N) is 12. The zero-order chi connectivity index (χ0) is 59.9. The molecule has 4 aliphatic rings. The number of hydrogen-bond donors (Lipinski definition) is 4. The second kappa shape index (κ2) is 24.6. The summed E-state index contributed by atoms with van der Waals surface area (Å²) >= 11 is 0.686. The van der Waals surface area contributed by atoms with Crippen molar-refractivity contribution >= 4 is 96.3 Å². The topological polar surface area (TPSA) is 338 Å². The highest BCUT2D eigenvalue weighted by molar-refractivity contribution is 8.54. The Morgan fingerprint density at radius 3 is 2.06 bits per heavy atom. The third kappa shape index (κ3) is 12.0. The molecule has 9 heterocycles. The molecule has 0 saturated carbocycles. The van der Waals surface area contributed by atoms with Crippen LogP contribution in [0, 0.1) is 0 Å². The van der Waals surface area contributed by atoms with E-state index in [0.29, 0.717) is 67.1 Å². The van der Waals surface area contributed by atoms with Crippen LogP contribution in [0.3, 0.4) is 0 Å². The van der Waals surface area contributed by atoms with E-state index in [1.54, 1.807) is 29.2 Å². The summed E-state index contributed by atoms with van der Waals surface area (Å²) < 4.78 is 103. The van der Waals surface area contributed by atoms with Crippen molar-refractivity contribution in [3.63, 3.8) is 0 Å². The molecule has 27 nitrogen and oxygen atoms in total. The van der Waals surface area contributed by atoms with E-state index in [0.717, 1.165) is 35.6 Å². The van der Waals surface area contributed by atoms with E-state index in [4.69, 9.17) is 39.0 Å². The van der Waals surface area contributed by atoms with Gasteiger partial charge in [-0.3, -0.25) is 37.1 Å². The van der Waals surface area contributed by atoms with E-state index < -0.39 is 82.6 Å². The number of unbranched alkanes of at least 4 members (excludes halogenated alkanes) is 2. The standard InChI is InChI=1S/C53H57BF2N16O11P2S/c1-2-39(75)69-21-30-10-5-6-11-32(30)45-42(33-12-7-8-13-34(33)69)67-68-72(45)19-9-3-4-14-37(73)59-20-38(74)66-31-17-15-29(16-18-31)24-86-85(77)79-23-36-46(40(55)52(81-36)70-27-64-43-48(57)60-25-62-50(43)70)82-84(54,76)78-22-35-47(83-85)41(56)53(80-35)71-28-65-44-49(58)61-26-63-51(44)71/h5-8,10-13,15-18,25-28,35-36,40-41,46-47,52-53H,2-4,9,14,19-24,54H2,1H3,(H,59,73)(H,66,74)(H2,57,60,62)(H2,58,61,63)/t35-,36-,40-,41-,46-,47-,52-,53-,84?,85-/m1/s1. The summed E-state index contributed by atoms with van der Waals surface area (Å²) in [6.07, 6.45) is -6.01. The van der Waals surface area contributed by atoms with Crippen LogP contribution < -0.4 is 27.0 Å². The number of ether oxygens (including phenoxy) is 2. The van der Waals surface area contributed by atoms with Crippen LogP contribution in [0.1, 0.15) is 62.6 Å². The maximum atomic E-state index is 17.0. The van der Waals surface area contributed by atoms with Gasteiger partial charge >= 0.3 is 6.80 Å². The minimum Gasteiger partial charge on any atom is -0.382 e. The number of nitrogens with two attached hydrogens (primary N) is 2. The Labute approximate surface area is 493 Å².